The Kier molecular flexibility index (Phi) is 4.04. The van der Waals surface area contributed by atoms with E-state index in [1.807, 2.05) is 0 Å². The first kappa shape index (κ1) is 15.8. The van der Waals surface area contributed by atoms with Crippen molar-refractivity contribution in [2.45, 2.75) is 38.8 Å². The number of halogens is 3. The molecule has 1 aromatic heterocycles. The monoisotopic (exact) mass is 326 g/mol. The summed E-state index contributed by atoms with van der Waals surface area (Å²) in [6.45, 7) is 1.72. The highest BCUT2D eigenvalue weighted by atomic mass is 19.4. The fourth-order valence-electron chi connectivity index (χ4n) is 3.09. The molecule has 0 aliphatic heterocycles. The van der Waals surface area contributed by atoms with E-state index in [2.05, 4.69) is 10.3 Å². The van der Waals surface area contributed by atoms with Crippen LogP contribution in [0.4, 0.5) is 18.9 Å². The van der Waals surface area contributed by atoms with E-state index in [1.54, 1.807) is 25.1 Å². The highest BCUT2D eigenvalue weighted by molar-refractivity contribution is 5.94. The molecule has 1 aliphatic carbocycles. The number of fused-ring (bicyclic) bond motifs is 1. The summed E-state index contributed by atoms with van der Waals surface area (Å²) in [4.78, 5) is 16.4. The van der Waals surface area contributed by atoms with Gasteiger partial charge in [-0.15, -0.1) is 0 Å². The lowest BCUT2D eigenvalue weighted by molar-refractivity contribution is -0.185. The van der Waals surface area contributed by atoms with E-state index < -0.39 is 18.0 Å². The molecule has 2 aromatic rings. The van der Waals surface area contributed by atoms with Gasteiger partial charge in [-0.05, 0) is 31.4 Å². The zero-order valence-electron chi connectivity index (χ0n) is 12.6. The molecule has 0 bridgehead atoms. The van der Waals surface area contributed by atoms with Crippen molar-refractivity contribution in [3.05, 3.63) is 24.1 Å². The molecule has 2 unspecified atom stereocenters. The van der Waals surface area contributed by atoms with E-state index in [1.165, 1.54) is 0 Å². The molecule has 1 saturated carbocycles. The summed E-state index contributed by atoms with van der Waals surface area (Å²) in [5.74, 6) is -1.84. The van der Waals surface area contributed by atoms with Gasteiger partial charge in [0.2, 0.25) is 5.91 Å². The molecule has 1 N–H and O–H groups in total. The Hall–Kier alpha value is -2.05. The van der Waals surface area contributed by atoms with E-state index in [0.717, 1.165) is 0 Å². The summed E-state index contributed by atoms with van der Waals surface area (Å²) in [6, 6.07) is 5.02. The first-order valence-electron chi connectivity index (χ1n) is 7.57. The molecule has 1 aromatic carbocycles. The molecule has 0 spiro atoms. The number of aryl methyl sites for hydroxylation is 1. The van der Waals surface area contributed by atoms with Crippen LogP contribution in [-0.2, 0) is 4.79 Å². The van der Waals surface area contributed by atoms with Crippen LogP contribution in [0.3, 0.4) is 0 Å². The molecule has 4 nitrogen and oxygen atoms in total. The highest BCUT2D eigenvalue weighted by Gasteiger charge is 2.43. The number of benzene rings is 1. The van der Waals surface area contributed by atoms with Gasteiger partial charge in [0.25, 0.3) is 0 Å². The lowest BCUT2D eigenvalue weighted by Gasteiger charge is -2.29. The van der Waals surface area contributed by atoms with Crippen LogP contribution in [0.1, 0.15) is 31.6 Å². The zero-order chi connectivity index (χ0) is 16.6. The Labute approximate surface area is 131 Å². The first-order valence-corrected chi connectivity index (χ1v) is 7.57. The molecule has 1 heterocycles. The summed E-state index contributed by atoms with van der Waals surface area (Å²) < 4.78 is 43.9. The van der Waals surface area contributed by atoms with Gasteiger partial charge >= 0.3 is 6.18 Å². The smallest absolute Gasteiger partial charge is 0.391 e. The standard InChI is InChI=1S/C16H17F3N2O2/c1-9-20-13-6-5-12(8-14(13)23-9)21-15(22)10-3-2-4-11(7-10)16(17,18)19/h5-6,8,10-11H,2-4,7H2,1H3,(H,21,22). The van der Waals surface area contributed by atoms with Crippen molar-refractivity contribution in [3.63, 3.8) is 0 Å². The van der Waals surface area contributed by atoms with Gasteiger partial charge in [0.1, 0.15) is 5.52 Å². The van der Waals surface area contributed by atoms with Crippen LogP contribution < -0.4 is 5.32 Å². The molecule has 2 atom stereocenters. The Morgan fingerprint density at radius 1 is 1.35 bits per heavy atom. The number of nitrogens with zero attached hydrogens (tertiary/aromatic N) is 1. The van der Waals surface area contributed by atoms with Crippen LogP contribution in [0, 0.1) is 18.8 Å². The number of carbonyl (C=O) groups is 1. The number of nitrogens with one attached hydrogen (secondary N) is 1. The third-order valence-electron chi connectivity index (χ3n) is 4.27. The van der Waals surface area contributed by atoms with Crippen molar-refractivity contribution < 1.29 is 22.4 Å². The number of oxazole rings is 1. The number of hydrogen-bond donors (Lipinski definition) is 1. The molecule has 1 aliphatic rings. The van der Waals surface area contributed by atoms with E-state index in [0.29, 0.717) is 35.5 Å². The Morgan fingerprint density at radius 3 is 2.87 bits per heavy atom. The van der Waals surface area contributed by atoms with Gasteiger partial charge in [0.05, 0.1) is 5.92 Å². The number of alkyl halides is 3. The summed E-state index contributed by atoms with van der Waals surface area (Å²) in [5.41, 5.74) is 1.72. The molecule has 1 amide bonds. The first-order chi connectivity index (χ1) is 10.8. The van der Waals surface area contributed by atoms with Gasteiger partial charge in [-0.3, -0.25) is 4.79 Å². The van der Waals surface area contributed by atoms with Gasteiger partial charge in [-0.1, -0.05) is 6.42 Å². The molecule has 0 saturated heterocycles. The Bertz CT molecular complexity index is 724. The summed E-state index contributed by atoms with van der Waals surface area (Å²) in [5, 5.41) is 2.69. The van der Waals surface area contributed by atoms with Crippen LogP contribution >= 0.6 is 0 Å². The maximum Gasteiger partial charge on any atom is 0.391 e. The largest absolute Gasteiger partial charge is 0.441 e. The lowest BCUT2D eigenvalue weighted by Crippen LogP contribution is -2.34. The topological polar surface area (TPSA) is 55.1 Å². The third kappa shape index (κ3) is 3.48. The minimum absolute atomic E-state index is 0.108. The van der Waals surface area contributed by atoms with Crippen molar-refractivity contribution in [2.24, 2.45) is 11.8 Å². The molecule has 7 heteroatoms. The van der Waals surface area contributed by atoms with Crippen molar-refractivity contribution >= 4 is 22.7 Å². The van der Waals surface area contributed by atoms with E-state index in [9.17, 15) is 18.0 Å². The van der Waals surface area contributed by atoms with Crippen molar-refractivity contribution in [2.75, 3.05) is 5.32 Å². The predicted octanol–water partition coefficient (Wildman–Crippen LogP) is 4.44. The average Bonchev–Trinajstić information content (AvgIpc) is 2.86. The molecular formula is C16H17F3N2O2. The van der Waals surface area contributed by atoms with Crippen molar-refractivity contribution in [1.29, 1.82) is 0 Å². The van der Waals surface area contributed by atoms with Gasteiger partial charge in [-0.2, -0.15) is 13.2 Å². The van der Waals surface area contributed by atoms with Crippen LogP contribution in [0.15, 0.2) is 22.6 Å². The number of hydrogen-bond acceptors (Lipinski definition) is 3. The average molecular weight is 326 g/mol. The van der Waals surface area contributed by atoms with E-state index >= 15 is 0 Å². The summed E-state index contributed by atoms with van der Waals surface area (Å²) >= 11 is 0. The Morgan fingerprint density at radius 2 is 2.13 bits per heavy atom. The number of aromatic nitrogens is 1. The minimum atomic E-state index is -4.23. The fourth-order valence-corrected chi connectivity index (χ4v) is 3.09. The predicted molar refractivity (Wildman–Crippen MR) is 78.9 cm³/mol. The van der Waals surface area contributed by atoms with Crippen LogP contribution in [0.2, 0.25) is 0 Å². The summed E-state index contributed by atoms with van der Waals surface area (Å²) in [6.07, 6.45) is -3.35. The number of carbonyl (C=O) groups excluding carboxylic acids is 1. The molecular weight excluding hydrogens is 309 g/mol. The van der Waals surface area contributed by atoms with Crippen molar-refractivity contribution in [1.82, 2.24) is 4.98 Å². The van der Waals surface area contributed by atoms with Crippen LogP contribution in [0.25, 0.3) is 11.1 Å². The van der Waals surface area contributed by atoms with Gasteiger partial charge in [0.15, 0.2) is 11.5 Å². The molecule has 3 rings (SSSR count). The fraction of sp³-hybridized carbons (Fsp3) is 0.500. The van der Waals surface area contributed by atoms with Gasteiger partial charge in [-0.25, -0.2) is 4.98 Å². The normalized spacial score (nSPS) is 22.3. The van der Waals surface area contributed by atoms with Crippen LogP contribution in [0.5, 0.6) is 0 Å². The second-order valence-electron chi connectivity index (χ2n) is 6.01. The molecule has 124 valence electrons. The zero-order valence-corrected chi connectivity index (χ0v) is 12.6. The van der Waals surface area contributed by atoms with Crippen molar-refractivity contribution in [3.8, 4) is 0 Å². The molecule has 23 heavy (non-hydrogen) atoms. The third-order valence-corrected chi connectivity index (χ3v) is 4.27. The second-order valence-corrected chi connectivity index (χ2v) is 6.01. The molecule has 0 radical (unpaired) electrons. The summed E-state index contributed by atoms with van der Waals surface area (Å²) in [7, 11) is 0. The number of anilines is 1. The minimum Gasteiger partial charge on any atom is -0.441 e. The number of rotatable bonds is 2. The maximum atomic E-state index is 12.8. The SMILES string of the molecule is Cc1nc2ccc(NC(=O)C3CCCC(C(F)(F)F)C3)cc2o1. The van der Waals surface area contributed by atoms with Gasteiger partial charge < -0.3 is 9.73 Å². The molecule has 1 fully saturated rings. The Balaban J connectivity index is 1.70. The van der Waals surface area contributed by atoms with E-state index in [4.69, 9.17) is 4.42 Å². The van der Waals surface area contributed by atoms with E-state index in [-0.39, 0.29) is 18.7 Å². The quantitative estimate of drug-likeness (QED) is 0.887. The lowest BCUT2D eigenvalue weighted by atomic mass is 9.80. The van der Waals surface area contributed by atoms with Gasteiger partial charge in [0, 0.05) is 24.6 Å². The maximum absolute atomic E-state index is 12.8. The highest BCUT2D eigenvalue weighted by Crippen LogP contribution is 2.40. The second kappa shape index (κ2) is 5.86. The number of amides is 1. The van der Waals surface area contributed by atoms with Crippen LogP contribution in [-0.4, -0.2) is 17.1 Å².